The van der Waals surface area contributed by atoms with E-state index >= 15 is 0 Å². The lowest BCUT2D eigenvalue weighted by molar-refractivity contribution is -0.137. The minimum Gasteiger partial charge on any atom is -0.277 e. The van der Waals surface area contributed by atoms with Crippen molar-refractivity contribution in [1.29, 1.82) is 0 Å². The maximum atomic E-state index is 12.5. The van der Waals surface area contributed by atoms with E-state index in [4.69, 9.17) is 0 Å². The predicted molar refractivity (Wildman–Crippen MR) is 82.4 cm³/mol. The third kappa shape index (κ3) is 3.73. The highest BCUT2D eigenvalue weighted by molar-refractivity contribution is 7.98. The Morgan fingerprint density at radius 2 is 1.65 bits per heavy atom. The number of halogens is 3. The zero-order valence-electron chi connectivity index (χ0n) is 11.9. The van der Waals surface area contributed by atoms with Gasteiger partial charge in [-0.15, -0.1) is 10.2 Å². The fourth-order valence-corrected chi connectivity index (χ4v) is 2.91. The van der Waals surface area contributed by atoms with Crippen LogP contribution in [-0.4, -0.2) is 14.8 Å². The van der Waals surface area contributed by atoms with Crippen molar-refractivity contribution in [3.63, 3.8) is 0 Å². The molecule has 2 aromatic carbocycles. The number of hydrogen-bond donors (Lipinski definition) is 0. The van der Waals surface area contributed by atoms with Gasteiger partial charge in [0.05, 0.1) is 5.56 Å². The molecule has 3 nitrogen and oxygen atoms in total. The Morgan fingerprint density at radius 3 is 2.30 bits per heavy atom. The molecule has 1 aromatic heterocycles. The Kier molecular flexibility index (Phi) is 4.38. The first-order valence-corrected chi connectivity index (χ1v) is 7.77. The van der Waals surface area contributed by atoms with E-state index in [1.54, 1.807) is 6.33 Å². The zero-order valence-corrected chi connectivity index (χ0v) is 12.7. The summed E-state index contributed by atoms with van der Waals surface area (Å²) >= 11 is 1.42. The van der Waals surface area contributed by atoms with Crippen LogP contribution in [0.5, 0.6) is 0 Å². The van der Waals surface area contributed by atoms with Crippen molar-refractivity contribution in [2.75, 3.05) is 0 Å². The highest BCUT2D eigenvalue weighted by Crippen LogP contribution is 2.30. The number of aromatic nitrogens is 3. The van der Waals surface area contributed by atoms with Crippen LogP contribution in [0.4, 0.5) is 13.2 Å². The van der Waals surface area contributed by atoms with Gasteiger partial charge in [-0.1, -0.05) is 42.1 Å². The molecule has 0 amide bonds. The van der Waals surface area contributed by atoms with Gasteiger partial charge < -0.3 is 0 Å². The Hall–Kier alpha value is -2.28. The molecule has 0 spiro atoms. The normalized spacial score (nSPS) is 11.6. The molecule has 0 saturated heterocycles. The van der Waals surface area contributed by atoms with Crippen molar-refractivity contribution in [2.45, 2.75) is 17.1 Å². The topological polar surface area (TPSA) is 30.7 Å². The van der Waals surface area contributed by atoms with Crippen LogP contribution in [-0.2, 0) is 11.9 Å². The first-order chi connectivity index (χ1) is 11.0. The molecule has 0 aliphatic rings. The van der Waals surface area contributed by atoms with E-state index in [0.29, 0.717) is 10.9 Å². The van der Waals surface area contributed by atoms with Crippen molar-refractivity contribution in [3.05, 3.63) is 72.1 Å². The van der Waals surface area contributed by atoms with E-state index in [1.165, 1.54) is 23.9 Å². The molecule has 0 radical (unpaired) electrons. The Morgan fingerprint density at radius 1 is 0.957 bits per heavy atom. The lowest BCUT2D eigenvalue weighted by Gasteiger charge is -2.08. The number of benzene rings is 2. The zero-order chi connectivity index (χ0) is 16.3. The monoisotopic (exact) mass is 335 g/mol. The molecule has 1 heterocycles. The number of para-hydroxylation sites is 1. The number of rotatable bonds is 4. The first kappa shape index (κ1) is 15.6. The summed E-state index contributed by atoms with van der Waals surface area (Å²) in [7, 11) is 0. The third-order valence-electron chi connectivity index (χ3n) is 3.20. The van der Waals surface area contributed by atoms with Gasteiger partial charge in [0.15, 0.2) is 5.16 Å². The molecule has 0 saturated carbocycles. The van der Waals surface area contributed by atoms with Crippen LogP contribution in [0.3, 0.4) is 0 Å². The van der Waals surface area contributed by atoms with Gasteiger partial charge in [0.1, 0.15) is 6.33 Å². The highest BCUT2D eigenvalue weighted by Gasteiger charge is 2.29. The molecule has 3 rings (SSSR count). The number of nitrogens with zero attached hydrogens (tertiary/aromatic N) is 3. The molecule has 0 N–H and O–H groups in total. The van der Waals surface area contributed by atoms with Crippen molar-refractivity contribution in [3.8, 4) is 5.69 Å². The Bertz CT molecular complexity index is 767. The average molecular weight is 335 g/mol. The summed E-state index contributed by atoms with van der Waals surface area (Å²) < 4.78 is 39.5. The Balaban J connectivity index is 1.71. The summed E-state index contributed by atoms with van der Waals surface area (Å²) in [6.07, 6.45) is -2.69. The summed E-state index contributed by atoms with van der Waals surface area (Å²) in [6, 6.07) is 14.8. The predicted octanol–water partition coefficient (Wildman–Crippen LogP) is 4.58. The lowest BCUT2D eigenvalue weighted by Crippen LogP contribution is -2.04. The van der Waals surface area contributed by atoms with E-state index in [1.807, 2.05) is 34.9 Å². The van der Waals surface area contributed by atoms with Crippen molar-refractivity contribution in [2.24, 2.45) is 0 Å². The van der Waals surface area contributed by atoms with Gasteiger partial charge >= 0.3 is 6.18 Å². The van der Waals surface area contributed by atoms with Crippen LogP contribution in [0, 0.1) is 0 Å². The molecule has 0 aliphatic carbocycles. The van der Waals surface area contributed by atoms with Gasteiger partial charge in [0, 0.05) is 11.4 Å². The number of alkyl halides is 3. The fourth-order valence-electron chi connectivity index (χ4n) is 2.03. The maximum Gasteiger partial charge on any atom is 0.416 e. The van der Waals surface area contributed by atoms with Crippen molar-refractivity contribution < 1.29 is 13.2 Å². The summed E-state index contributed by atoms with van der Waals surface area (Å²) in [5, 5.41) is 8.65. The van der Waals surface area contributed by atoms with Crippen LogP contribution in [0.2, 0.25) is 0 Å². The minimum absolute atomic E-state index is 0.518. The molecule has 23 heavy (non-hydrogen) atoms. The SMILES string of the molecule is FC(F)(F)c1ccc(CSc2nncn2-c2ccccc2)cc1. The summed E-state index contributed by atoms with van der Waals surface area (Å²) in [4.78, 5) is 0. The van der Waals surface area contributed by atoms with Crippen LogP contribution in [0.1, 0.15) is 11.1 Å². The molecule has 0 fully saturated rings. The molecule has 0 aliphatic heterocycles. The van der Waals surface area contributed by atoms with Gasteiger partial charge in [-0.2, -0.15) is 13.2 Å². The van der Waals surface area contributed by atoms with Crippen LogP contribution in [0.25, 0.3) is 5.69 Å². The van der Waals surface area contributed by atoms with Crippen molar-refractivity contribution in [1.82, 2.24) is 14.8 Å². The first-order valence-electron chi connectivity index (χ1n) is 6.78. The van der Waals surface area contributed by atoms with Crippen LogP contribution >= 0.6 is 11.8 Å². The smallest absolute Gasteiger partial charge is 0.277 e. The van der Waals surface area contributed by atoms with Gasteiger partial charge in [-0.25, -0.2) is 0 Å². The summed E-state index contributed by atoms with van der Waals surface area (Å²) in [5.74, 6) is 0.518. The highest BCUT2D eigenvalue weighted by atomic mass is 32.2. The number of thioether (sulfide) groups is 1. The van der Waals surface area contributed by atoms with E-state index in [2.05, 4.69) is 10.2 Å². The second kappa shape index (κ2) is 6.45. The standard InChI is InChI=1S/C16H12F3N3S/c17-16(18,19)13-8-6-12(7-9-13)10-23-15-21-20-11-22(15)14-4-2-1-3-5-14/h1-9,11H,10H2. The summed E-state index contributed by atoms with van der Waals surface area (Å²) in [5.41, 5.74) is 1.09. The molecule has 118 valence electrons. The second-order valence-corrected chi connectivity index (χ2v) is 5.74. The van der Waals surface area contributed by atoms with Gasteiger partial charge in [0.25, 0.3) is 0 Å². The molecule has 3 aromatic rings. The maximum absolute atomic E-state index is 12.5. The van der Waals surface area contributed by atoms with Gasteiger partial charge in [-0.05, 0) is 29.8 Å². The lowest BCUT2D eigenvalue weighted by atomic mass is 10.1. The van der Waals surface area contributed by atoms with Gasteiger partial charge in [-0.3, -0.25) is 4.57 Å². The number of hydrogen-bond acceptors (Lipinski definition) is 3. The second-order valence-electron chi connectivity index (χ2n) is 4.80. The van der Waals surface area contributed by atoms with Crippen molar-refractivity contribution >= 4 is 11.8 Å². The van der Waals surface area contributed by atoms with E-state index in [9.17, 15) is 13.2 Å². The molecular weight excluding hydrogens is 323 g/mol. The molecule has 0 unspecified atom stereocenters. The fraction of sp³-hybridized carbons (Fsp3) is 0.125. The van der Waals surface area contributed by atoms with Gasteiger partial charge in [0.2, 0.25) is 0 Å². The largest absolute Gasteiger partial charge is 0.416 e. The molecule has 0 atom stereocenters. The average Bonchev–Trinajstić information content (AvgIpc) is 3.02. The van der Waals surface area contributed by atoms with E-state index in [-0.39, 0.29) is 0 Å². The van der Waals surface area contributed by atoms with Crippen LogP contribution < -0.4 is 0 Å². The minimum atomic E-state index is -4.31. The van der Waals surface area contributed by atoms with Crippen LogP contribution in [0.15, 0.2) is 66.1 Å². The summed E-state index contributed by atoms with van der Waals surface area (Å²) in [6.45, 7) is 0. The van der Waals surface area contributed by atoms with E-state index < -0.39 is 11.7 Å². The quantitative estimate of drug-likeness (QED) is 0.654. The third-order valence-corrected chi connectivity index (χ3v) is 4.21. The molecule has 7 heteroatoms. The molecular formula is C16H12F3N3S. The van der Waals surface area contributed by atoms with E-state index in [0.717, 1.165) is 23.4 Å². The molecule has 0 bridgehead atoms. The Labute approximate surface area is 135 Å².